The largest absolute Gasteiger partial charge is 0.365 e. The fourth-order valence-corrected chi connectivity index (χ4v) is 2.94. The second kappa shape index (κ2) is 5.76. The number of anilines is 1. The van der Waals surface area contributed by atoms with Gasteiger partial charge in [-0.05, 0) is 31.2 Å². The first-order chi connectivity index (χ1) is 10.2. The molecule has 0 spiro atoms. The van der Waals surface area contributed by atoms with Gasteiger partial charge in [-0.3, -0.25) is 4.79 Å². The maximum atomic E-state index is 12.5. The van der Waals surface area contributed by atoms with Crippen molar-refractivity contribution in [3.63, 3.8) is 0 Å². The number of benzene rings is 2. The molecule has 1 aliphatic carbocycles. The molecule has 0 saturated heterocycles. The van der Waals surface area contributed by atoms with Gasteiger partial charge in [0, 0.05) is 30.7 Å². The zero-order valence-corrected chi connectivity index (χ0v) is 12.7. The highest BCUT2D eigenvalue weighted by Gasteiger charge is 2.31. The molecule has 0 unspecified atom stereocenters. The zero-order valence-electron chi connectivity index (χ0n) is 12.7. The summed E-state index contributed by atoms with van der Waals surface area (Å²) in [6, 6.07) is 15.1. The van der Waals surface area contributed by atoms with Gasteiger partial charge in [-0.1, -0.05) is 36.4 Å². The standard InChI is InChI=1S/C18H22N2O/c1-3-20(15-11-12-15)18(21)13-19(2)17-10-6-8-14-7-4-5-9-16(14)17/h4-10,15H,3,11-13H2,1-2H3. The van der Waals surface area contributed by atoms with E-state index in [4.69, 9.17) is 0 Å². The lowest BCUT2D eigenvalue weighted by molar-refractivity contribution is -0.130. The summed E-state index contributed by atoms with van der Waals surface area (Å²) in [6.45, 7) is 3.32. The molecule has 0 aliphatic heterocycles. The third-order valence-electron chi connectivity index (χ3n) is 4.20. The average Bonchev–Trinajstić information content (AvgIpc) is 3.32. The van der Waals surface area contributed by atoms with E-state index >= 15 is 0 Å². The Balaban J connectivity index is 1.80. The topological polar surface area (TPSA) is 23.6 Å². The van der Waals surface area contributed by atoms with Crippen LogP contribution in [0.25, 0.3) is 10.8 Å². The molecule has 1 amide bonds. The number of hydrogen-bond acceptors (Lipinski definition) is 2. The van der Waals surface area contributed by atoms with E-state index in [1.165, 1.54) is 10.8 Å². The molecule has 0 aromatic heterocycles. The van der Waals surface area contributed by atoms with Crippen LogP contribution in [0.5, 0.6) is 0 Å². The summed E-state index contributed by atoms with van der Waals surface area (Å²) in [4.78, 5) is 16.5. The number of amides is 1. The number of fused-ring (bicyclic) bond motifs is 1. The lowest BCUT2D eigenvalue weighted by Crippen LogP contribution is -2.40. The Morgan fingerprint density at radius 2 is 1.86 bits per heavy atom. The highest BCUT2D eigenvalue weighted by atomic mass is 16.2. The Hall–Kier alpha value is -2.03. The average molecular weight is 282 g/mol. The molecule has 2 aromatic rings. The maximum Gasteiger partial charge on any atom is 0.242 e. The van der Waals surface area contributed by atoms with Gasteiger partial charge in [0.2, 0.25) is 5.91 Å². The van der Waals surface area contributed by atoms with Crippen molar-refractivity contribution in [2.24, 2.45) is 0 Å². The number of carbonyl (C=O) groups excluding carboxylic acids is 1. The molecular formula is C18H22N2O. The molecule has 1 fully saturated rings. The van der Waals surface area contributed by atoms with E-state index in [1.54, 1.807) is 0 Å². The lowest BCUT2D eigenvalue weighted by Gasteiger charge is -2.26. The predicted octanol–water partition coefficient (Wildman–Crippen LogP) is 3.29. The quantitative estimate of drug-likeness (QED) is 0.840. The summed E-state index contributed by atoms with van der Waals surface area (Å²) in [5, 5.41) is 2.41. The fraction of sp³-hybridized carbons (Fsp3) is 0.389. The van der Waals surface area contributed by atoms with Gasteiger partial charge in [-0.25, -0.2) is 0 Å². The molecule has 21 heavy (non-hydrogen) atoms. The summed E-state index contributed by atoms with van der Waals surface area (Å²) in [7, 11) is 2.00. The van der Waals surface area contributed by atoms with Crippen LogP contribution in [0.15, 0.2) is 42.5 Å². The van der Waals surface area contributed by atoms with Crippen molar-refractivity contribution in [1.82, 2.24) is 4.90 Å². The van der Waals surface area contributed by atoms with Crippen LogP contribution in [0.2, 0.25) is 0 Å². The van der Waals surface area contributed by atoms with Crippen molar-refractivity contribution >= 4 is 22.4 Å². The Morgan fingerprint density at radius 1 is 1.14 bits per heavy atom. The van der Waals surface area contributed by atoms with E-state index in [2.05, 4.69) is 42.2 Å². The summed E-state index contributed by atoms with van der Waals surface area (Å²) in [5.41, 5.74) is 1.12. The van der Waals surface area contributed by atoms with Gasteiger partial charge in [-0.15, -0.1) is 0 Å². The van der Waals surface area contributed by atoms with Crippen LogP contribution in [0.3, 0.4) is 0 Å². The van der Waals surface area contributed by atoms with Crippen LogP contribution in [0.4, 0.5) is 5.69 Å². The van der Waals surface area contributed by atoms with Crippen LogP contribution in [0, 0.1) is 0 Å². The number of rotatable bonds is 5. The van der Waals surface area contributed by atoms with Crippen molar-refractivity contribution in [3.8, 4) is 0 Å². The molecule has 0 N–H and O–H groups in total. The van der Waals surface area contributed by atoms with Crippen LogP contribution < -0.4 is 4.90 Å². The van der Waals surface area contributed by atoms with Gasteiger partial charge in [0.15, 0.2) is 0 Å². The Bertz CT molecular complexity index is 643. The first kappa shape index (κ1) is 13.9. The predicted molar refractivity (Wildman–Crippen MR) is 87.6 cm³/mol. The molecule has 0 radical (unpaired) electrons. The van der Waals surface area contributed by atoms with E-state index in [9.17, 15) is 4.79 Å². The molecule has 110 valence electrons. The van der Waals surface area contributed by atoms with Crippen molar-refractivity contribution in [2.75, 3.05) is 25.0 Å². The number of nitrogens with zero attached hydrogens (tertiary/aromatic N) is 2. The SMILES string of the molecule is CCN(C(=O)CN(C)c1cccc2ccccc12)C1CC1. The molecule has 1 aliphatic rings. The Morgan fingerprint density at radius 3 is 2.57 bits per heavy atom. The molecule has 0 heterocycles. The summed E-state index contributed by atoms with van der Waals surface area (Å²) < 4.78 is 0. The number of carbonyl (C=O) groups is 1. The van der Waals surface area contributed by atoms with Crippen molar-refractivity contribution in [3.05, 3.63) is 42.5 Å². The maximum absolute atomic E-state index is 12.5. The minimum absolute atomic E-state index is 0.232. The van der Waals surface area contributed by atoms with Gasteiger partial charge >= 0.3 is 0 Å². The Labute approximate surface area is 126 Å². The van der Waals surface area contributed by atoms with E-state index in [1.807, 2.05) is 24.1 Å². The van der Waals surface area contributed by atoms with Gasteiger partial charge in [-0.2, -0.15) is 0 Å². The molecular weight excluding hydrogens is 260 g/mol. The van der Waals surface area contributed by atoms with E-state index < -0.39 is 0 Å². The van der Waals surface area contributed by atoms with E-state index in [-0.39, 0.29) is 5.91 Å². The Kier molecular flexibility index (Phi) is 3.82. The molecule has 0 atom stereocenters. The van der Waals surface area contributed by atoms with Crippen LogP contribution in [0.1, 0.15) is 19.8 Å². The van der Waals surface area contributed by atoms with E-state index in [0.29, 0.717) is 12.6 Å². The number of likely N-dealkylation sites (N-methyl/N-ethyl adjacent to an activating group) is 2. The van der Waals surface area contributed by atoms with Gasteiger partial charge in [0.25, 0.3) is 0 Å². The van der Waals surface area contributed by atoms with Crippen LogP contribution in [-0.2, 0) is 4.79 Å². The minimum Gasteiger partial charge on any atom is -0.365 e. The fourth-order valence-electron chi connectivity index (χ4n) is 2.94. The molecule has 1 saturated carbocycles. The first-order valence-corrected chi connectivity index (χ1v) is 7.69. The third kappa shape index (κ3) is 2.87. The summed E-state index contributed by atoms with van der Waals surface area (Å²) in [5.74, 6) is 0.232. The van der Waals surface area contributed by atoms with Crippen molar-refractivity contribution in [1.29, 1.82) is 0 Å². The summed E-state index contributed by atoms with van der Waals surface area (Å²) >= 11 is 0. The van der Waals surface area contributed by atoms with Gasteiger partial charge in [0.1, 0.15) is 0 Å². The lowest BCUT2D eigenvalue weighted by atomic mass is 10.1. The van der Waals surface area contributed by atoms with Crippen molar-refractivity contribution in [2.45, 2.75) is 25.8 Å². The molecule has 2 aromatic carbocycles. The minimum atomic E-state index is 0.232. The van der Waals surface area contributed by atoms with Crippen molar-refractivity contribution < 1.29 is 4.79 Å². The van der Waals surface area contributed by atoms with Crippen LogP contribution >= 0.6 is 0 Å². The molecule has 3 nitrogen and oxygen atoms in total. The summed E-state index contributed by atoms with van der Waals surface area (Å²) in [6.07, 6.45) is 2.33. The second-order valence-electron chi connectivity index (χ2n) is 5.77. The molecule has 3 rings (SSSR count). The molecule has 0 bridgehead atoms. The second-order valence-corrected chi connectivity index (χ2v) is 5.77. The third-order valence-corrected chi connectivity index (χ3v) is 4.20. The van der Waals surface area contributed by atoms with Crippen LogP contribution in [-0.4, -0.2) is 37.0 Å². The van der Waals surface area contributed by atoms with E-state index in [0.717, 1.165) is 25.1 Å². The first-order valence-electron chi connectivity index (χ1n) is 7.69. The smallest absolute Gasteiger partial charge is 0.242 e. The van der Waals surface area contributed by atoms with Gasteiger partial charge < -0.3 is 9.80 Å². The molecule has 3 heteroatoms. The van der Waals surface area contributed by atoms with Gasteiger partial charge in [0.05, 0.1) is 6.54 Å². The highest BCUT2D eigenvalue weighted by molar-refractivity contribution is 5.95. The monoisotopic (exact) mass is 282 g/mol. The highest BCUT2D eigenvalue weighted by Crippen LogP contribution is 2.28. The number of hydrogen-bond donors (Lipinski definition) is 0. The zero-order chi connectivity index (χ0) is 14.8. The normalized spacial score (nSPS) is 14.2.